The van der Waals surface area contributed by atoms with E-state index in [0.717, 1.165) is 23.9 Å². The average molecular weight is 386 g/mol. The second kappa shape index (κ2) is 9.52. The lowest BCUT2D eigenvalue weighted by atomic mass is 10.1. The van der Waals surface area contributed by atoms with E-state index in [9.17, 15) is 9.59 Å². The van der Waals surface area contributed by atoms with E-state index >= 15 is 0 Å². The van der Waals surface area contributed by atoms with Gasteiger partial charge in [-0.05, 0) is 36.8 Å². The minimum Gasteiger partial charge on any atom is -0.484 e. The molecule has 2 atom stereocenters. The third-order valence-electron chi connectivity index (χ3n) is 4.75. The van der Waals surface area contributed by atoms with Gasteiger partial charge in [0.2, 0.25) is 5.91 Å². The first kappa shape index (κ1) is 20.1. The lowest BCUT2D eigenvalue weighted by Crippen LogP contribution is -3.15. The Morgan fingerprint density at radius 3 is 2.46 bits per heavy atom. The topological polar surface area (TPSA) is 81.1 Å². The van der Waals surface area contributed by atoms with Crippen LogP contribution in [-0.2, 0) is 14.3 Å². The highest BCUT2D eigenvalue weighted by molar-refractivity contribution is 5.84. The van der Waals surface area contributed by atoms with Crippen LogP contribution in [0.5, 0.6) is 5.75 Å². The van der Waals surface area contributed by atoms with Crippen LogP contribution in [0.25, 0.3) is 10.8 Å². The number of quaternary nitrogens is 1. The summed E-state index contributed by atoms with van der Waals surface area (Å²) in [6.07, 6.45) is 0.753. The molecule has 2 aromatic rings. The number of ether oxygens (including phenoxy) is 2. The van der Waals surface area contributed by atoms with Crippen LogP contribution in [-0.4, -0.2) is 50.3 Å². The number of nitrogens with one attached hydrogen (secondary N) is 3. The Labute approximate surface area is 165 Å². The molecule has 3 rings (SSSR count). The number of fused-ring (bicyclic) bond motifs is 1. The second-order valence-corrected chi connectivity index (χ2v) is 7.31. The van der Waals surface area contributed by atoms with Gasteiger partial charge in [0.25, 0.3) is 5.91 Å². The van der Waals surface area contributed by atoms with Gasteiger partial charge >= 0.3 is 0 Å². The van der Waals surface area contributed by atoms with Crippen molar-refractivity contribution in [2.24, 2.45) is 0 Å². The van der Waals surface area contributed by atoms with Gasteiger partial charge in [-0.2, -0.15) is 0 Å². The molecule has 0 saturated carbocycles. The zero-order chi connectivity index (χ0) is 19.9. The van der Waals surface area contributed by atoms with Crippen molar-refractivity contribution < 1.29 is 24.0 Å². The van der Waals surface area contributed by atoms with Crippen LogP contribution in [0.1, 0.15) is 20.3 Å². The summed E-state index contributed by atoms with van der Waals surface area (Å²) in [6, 6.07) is 13.6. The minimum atomic E-state index is -0.400. The van der Waals surface area contributed by atoms with Crippen LogP contribution in [0.4, 0.5) is 0 Å². The first-order valence-electron chi connectivity index (χ1n) is 9.68. The molecule has 1 aliphatic heterocycles. The third kappa shape index (κ3) is 5.94. The van der Waals surface area contributed by atoms with Crippen LogP contribution in [0, 0.1) is 0 Å². The fraction of sp³-hybridized carbons (Fsp3) is 0.429. The summed E-state index contributed by atoms with van der Waals surface area (Å²) in [5.41, 5.74) is 4.84. The molecule has 1 aliphatic rings. The molecule has 2 aromatic carbocycles. The minimum absolute atomic E-state index is 0.164. The zero-order valence-electron chi connectivity index (χ0n) is 16.4. The van der Waals surface area contributed by atoms with Gasteiger partial charge in [0.15, 0.2) is 6.61 Å². The molecular weight excluding hydrogens is 358 g/mol. The zero-order valence-corrected chi connectivity index (χ0v) is 16.4. The molecule has 1 fully saturated rings. The second-order valence-electron chi connectivity index (χ2n) is 7.31. The molecule has 0 radical (unpaired) electrons. The Morgan fingerprint density at radius 2 is 1.71 bits per heavy atom. The maximum atomic E-state index is 12.0. The van der Waals surface area contributed by atoms with E-state index in [0.29, 0.717) is 18.7 Å². The highest BCUT2D eigenvalue weighted by atomic mass is 16.5. The molecule has 0 aromatic heterocycles. The summed E-state index contributed by atoms with van der Waals surface area (Å²) in [5, 5.41) is 2.15. The standard InChI is InChI=1S/C21H27N3O4/c1-15-12-24(13-16(2)28-15)10-9-20(25)22-23-21(26)14-27-19-8-7-17-5-3-4-6-18(17)11-19/h3-8,11,15-16H,9-10,12-14H2,1-2H3,(H,22,25)(H,23,26)/p+1/t15-,16-/m1/s1. The monoisotopic (exact) mass is 386 g/mol. The van der Waals surface area contributed by atoms with Crippen LogP contribution < -0.4 is 20.5 Å². The van der Waals surface area contributed by atoms with Crippen LogP contribution >= 0.6 is 0 Å². The van der Waals surface area contributed by atoms with Gasteiger partial charge in [-0.1, -0.05) is 30.3 Å². The number of carbonyl (C=O) groups is 2. The number of hydrogen-bond acceptors (Lipinski definition) is 4. The first-order valence-corrected chi connectivity index (χ1v) is 9.68. The van der Waals surface area contributed by atoms with Crippen molar-refractivity contribution in [1.29, 1.82) is 0 Å². The van der Waals surface area contributed by atoms with E-state index in [1.165, 1.54) is 4.90 Å². The Hall–Kier alpha value is -2.64. The maximum Gasteiger partial charge on any atom is 0.276 e. The lowest BCUT2D eigenvalue weighted by molar-refractivity contribution is -0.914. The van der Waals surface area contributed by atoms with Crippen LogP contribution in [0.3, 0.4) is 0 Å². The molecule has 0 spiro atoms. The fourth-order valence-corrected chi connectivity index (χ4v) is 3.53. The first-order chi connectivity index (χ1) is 13.5. The number of benzene rings is 2. The highest BCUT2D eigenvalue weighted by Gasteiger charge is 2.25. The molecule has 3 N–H and O–H groups in total. The largest absolute Gasteiger partial charge is 0.484 e. The van der Waals surface area contributed by atoms with Crippen molar-refractivity contribution in [3.8, 4) is 5.75 Å². The van der Waals surface area contributed by atoms with E-state index in [2.05, 4.69) is 10.9 Å². The molecule has 7 nitrogen and oxygen atoms in total. The normalized spacial score (nSPS) is 21.9. The molecule has 7 heteroatoms. The lowest BCUT2D eigenvalue weighted by Gasteiger charge is -2.32. The number of carbonyl (C=O) groups excluding carboxylic acids is 2. The summed E-state index contributed by atoms with van der Waals surface area (Å²) in [4.78, 5) is 25.2. The maximum absolute atomic E-state index is 12.0. The van der Waals surface area contributed by atoms with Gasteiger partial charge in [-0.15, -0.1) is 0 Å². The van der Waals surface area contributed by atoms with E-state index in [1.54, 1.807) is 0 Å². The van der Waals surface area contributed by atoms with Gasteiger partial charge in [0.05, 0.1) is 13.0 Å². The van der Waals surface area contributed by atoms with Crippen molar-refractivity contribution in [3.63, 3.8) is 0 Å². The Morgan fingerprint density at radius 1 is 1.04 bits per heavy atom. The molecule has 0 unspecified atom stereocenters. The van der Waals surface area contributed by atoms with E-state index in [1.807, 2.05) is 56.3 Å². The fourth-order valence-electron chi connectivity index (χ4n) is 3.53. The molecule has 2 amide bonds. The van der Waals surface area contributed by atoms with Gasteiger partial charge in [-0.3, -0.25) is 20.4 Å². The molecule has 28 heavy (non-hydrogen) atoms. The average Bonchev–Trinajstić information content (AvgIpc) is 2.68. The number of hydrogen-bond donors (Lipinski definition) is 3. The van der Waals surface area contributed by atoms with E-state index < -0.39 is 5.91 Å². The molecule has 0 bridgehead atoms. The van der Waals surface area contributed by atoms with Crippen LogP contribution in [0.2, 0.25) is 0 Å². The molecule has 0 aliphatic carbocycles. The Balaban J connectivity index is 1.36. The van der Waals surface area contributed by atoms with Gasteiger partial charge in [0, 0.05) is 0 Å². The van der Waals surface area contributed by atoms with Gasteiger partial charge in [0.1, 0.15) is 31.0 Å². The number of rotatable bonds is 6. The molecule has 150 valence electrons. The molecule has 1 heterocycles. The predicted molar refractivity (Wildman–Crippen MR) is 106 cm³/mol. The van der Waals surface area contributed by atoms with Crippen molar-refractivity contribution in [1.82, 2.24) is 10.9 Å². The summed E-state index contributed by atoms with van der Waals surface area (Å²) in [5.74, 6) is 0.000147. The summed E-state index contributed by atoms with van der Waals surface area (Å²) >= 11 is 0. The van der Waals surface area contributed by atoms with Gasteiger partial charge < -0.3 is 14.4 Å². The summed E-state index contributed by atoms with van der Waals surface area (Å²) < 4.78 is 11.2. The Kier molecular flexibility index (Phi) is 6.84. The van der Waals surface area contributed by atoms with Crippen molar-refractivity contribution >= 4 is 22.6 Å². The summed E-state index contributed by atoms with van der Waals surface area (Å²) in [6.45, 7) is 6.43. The van der Waals surface area contributed by atoms with Crippen LogP contribution in [0.15, 0.2) is 42.5 Å². The number of morpholine rings is 1. The SMILES string of the molecule is C[C@@H]1C[NH+](CCC(=O)NNC(=O)COc2ccc3ccccc3c2)C[C@@H](C)O1. The predicted octanol–water partition coefficient (Wildman–Crippen LogP) is 0.448. The van der Waals surface area contributed by atoms with Crippen molar-refractivity contribution in [2.45, 2.75) is 32.5 Å². The Bertz CT molecular complexity index is 816. The third-order valence-corrected chi connectivity index (χ3v) is 4.75. The molecule has 1 saturated heterocycles. The number of amides is 2. The van der Waals surface area contributed by atoms with Gasteiger partial charge in [-0.25, -0.2) is 0 Å². The number of hydrazine groups is 1. The smallest absolute Gasteiger partial charge is 0.276 e. The highest BCUT2D eigenvalue weighted by Crippen LogP contribution is 2.20. The summed E-state index contributed by atoms with van der Waals surface area (Å²) in [7, 11) is 0. The quantitative estimate of drug-likeness (QED) is 0.630. The molecular formula is C21H28N3O4+. The van der Waals surface area contributed by atoms with Crippen molar-refractivity contribution in [3.05, 3.63) is 42.5 Å². The van der Waals surface area contributed by atoms with Crippen molar-refractivity contribution in [2.75, 3.05) is 26.2 Å². The van der Waals surface area contributed by atoms with E-state index in [4.69, 9.17) is 9.47 Å². The van der Waals surface area contributed by atoms with E-state index in [-0.39, 0.29) is 24.7 Å².